The maximum Gasteiger partial charge on any atom is 0.226 e. The van der Waals surface area contributed by atoms with Gasteiger partial charge in [-0.3, -0.25) is 9.59 Å². The summed E-state index contributed by atoms with van der Waals surface area (Å²) >= 11 is 0. The molecule has 2 fully saturated rings. The van der Waals surface area contributed by atoms with Gasteiger partial charge in [0, 0.05) is 30.7 Å². The van der Waals surface area contributed by atoms with E-state index in [9.17, 15) is 14.0 Å². The summed E-state index contributed by atoms with van der Waals surface area (Å²) in [7, 11) is 0. The molecule has 1 heterocycles. The summed E-state index contributed by atoms with van der Waals surface area (Å²) in [5.41, 5.74) is -0.430. The molecule has 2 aliphatic rings. The Morgan fingerprint density at radius 2 is 2.10 bits per heavy atom. The average Bonchev–Trinajstić information content (AvgIpc) is 2.79. The summed E-state index contributed by atoms with van der Waals surface area (Å²) in [4.78, 5) is 25.4. The van der Waals surface area contributed by atoms with Crippen LogP contribution in [-0.2, 0) is 14.3 Å². The molecule has 0 aromatic rings. The lowest BCUT2D eigenvalue weighted by Crippen LogP contribution is -2.59. The molecule has 120 valence electrons. The lowest BCUT2D eigenvalue weighted by atomic mass is 9.79. The van der Waals surface area contributed by atoms with Gasteiger partial charge in [0.05, 0.1) is 18.8 Å². The molecule has 0 spiro atoms. The number of halogens is 1. The fraction of sp³-hybridized carbons (Fsp3) is 0.875. The first-order chi connectivity index (χ1) is 9.70. The van der Waals surface area contributed by atoms with E-state index < -0.39 is 17.7 Å². The highest BCUT2D eigenvalue weighted by atomic mass is 19.1. The molecular formula is C16H26FNO3. The molecule has 1 saturated carbocycles. The van der Waals surface area contributed by atoms with Gasteiger partial charge in [-0.2, -0.15) is 0 Å². The Kier molecular flexibility index (Phi) is 4.71. The molecule has 1 amide bonds. The first kappa shape index (κ1) is 16.4. The van der Waals surface area contributed by atoms with Gasteiger partial charge < -0.3 is 9.64 Å². The molecule has 0 bridgehead atoms. The molecule has 4 nitrogen and oxygen atoms in total. The predicted octanol–water partition coefficient (Wildman–Crippen LogP) is 2.36. The number of alkyl halides is 1. The number of carbonyl (C=O) groups excluding carboxylic acids is 2. The van der Waals surface area contributed by atoms with Crippen molar-refractivity contribution in [3.63, 3.8) is 0 Å². The standard InChI is InChI=1S/C16H26FNO3/c1-10(2)21-14-13(17)8-18(9-16(14,3)4)15(20)11-5-6-12(19)7-11/h10-11,13-14H,5-9H2,1-4H3/t11-,13+,14+/m1/s1. The maximum atomic E-state index is 14.5. The Hall–Kier alpha value is -0.970. The number of ketones is 1. The number of ether oxygens (including phenoxy) is 1. The zero-order chi connectivity index (χ0) is 15.8. The van der Waals surface area contributed by atoms with Crippen molar-refractivity contribution < 1.29 is 18.7 Å². The molecule has 21 heavy (non-hydrogen) atoms. The smallest absolute Gasteiger partial charge is 0.226 e. The number of likely N-dealkylation sites (tertiary alicyclic amines) is 1. The maximum absolute atomic E-state index is 14.5. The Morgan fingerprint density at radius 3 is 2.57 bits per heavy atom. The lowest BCUT2D eigenvalue weighted by Gasteiger charge is -2.46. The zero-order valence-corrected chi connectivity index (χ0v) is 13.4. The quantitative estimate of drug-likeness (QED) is 0.803. The number of rotatable bonds is 3. The Labute approximate surface area is 126 Å². The van der Waals surface area contributed by atoms with Crippen LogP contribution in [0.15, 0.2) is 0 Å². The van der Waals surface area contributed by atoms with E-state index >= 15 is 0 Å². The van der Waals surface area contributed by atoms with E-state index in [0.29, 0.717) is 25.8 Å². The SMILES string of the molecule is CC(C)O[C@H]1[C@@H](F)CN(C(=O)[C@@H]2CCC(=O)C2)CC1(C)C. The highest BCUT2D eigenvalue weighted by molar-refractivity contribution is 5.90. The van der Waals surface area contributed by atoms with Crippen LogP contribution < -0.4 is 0 Å². The van der Waals surface area contributed by atoms with Gasteiger partial charge in [0.15, 0.2) is 0 Å². The predicted molar refractivity (Wildman–Crippen MR) is 77.6 cm³/mol. The zero-order valence-electron chi connectivity index (χ0n) is 13.4. The van der Waals surface area contributed by atoms with E-state index in [1.54, 1.807) is 4.90 Å². The van der Waals surface area contributed by atoms with Crippen LogP contribution >= 0.6 is 0 Å². The minimum atomic E-state index is -1.18. The fourth-order valence-electron chi connectivity index (χ4n) is 3.46. The Balaban J connectivity index is 2.05. The molecular weight excluding hydrogens is 273 g/mol. The number of amides is 1. The van der Waals surface area contributed by atoms with Gasteiger partial charge in [-0.15, -0.1) is 0 Å². The van der Waals surface area contributed by atoms with Crippen LogP contribution in [0.4, 0.5) is 4.39 Å². The summed E-state index contributed by atoms with van der Waals surface area (Å²) < 4.78 is 20.2. The topological polar surface area (TPSA) is 46.6 Å². The van der Waals surface area contributed by atoms with Crippen molar-refractivity contribution in [2.24, 2.45) is 11.3 Å². The third-order valence-electron chi connectivity index (χ3n) is 4.42. The van der Waals surface area contributed by atoms with E-state index in [-0.39, 0.29) is 30.3 Å². The van der Waals surface area contributed by atoms with Gasteiger partial charge in [-0.1, -0.05) is 13.8 Å². The molecule has 1 aliphatic heterocycles. The van der Waals surface area contributed by atoms with Crippen molar-refractivity contribution in [1.82, 2.24) is 4.90 Å². The van der Waals surface area contributed by atoms with Crippen LogP contribution in [0.5, 0.6) is 0 Å². The molecule has 0 unspecified atom stereocenters. The summed E-state index contributed by atoms with van der Waals surface area (Å²) in [6.45, 7) is 8.21. The van der Waals surface area contributed by atoms with Gasteiger partial charge in [0.25, 0.3) is 0 Å². The van der Waals surface area contributed by atoms with Crippen molar-refractivity contribution in [3.05, 3.63) is 0 Å². The molecule has 0 aromatic carbocycles. The first-order valence-electron chi connectivity index (χ1n) is 7.80. The van der Waals surface area contributed by atoms with E-state index in [2.05, 4.69) is 0 Å². The summed E-state index contributed by atoms with van der Waals surface area (Å²) in [5.74, 6) is -0.176. The van der Waals surface area contributed by atoms with Gasteiger partial charge >= 0.3 is 0 Å². The Bertz CT molecular complexity index is 422. The van der Waals surface area contributed by atoms with Crippen molar-refractivity contribution in [3.8, 4) is 0 Å². The molecule has 0 radical (unpaired) electrons. The fourth-order valence-corrected chi connectivity index (χ4v) is 3.46. The van der Waals surface area contributed by atoms with Crippen LogP contribution in [0.1, 0.15) is 47.0 Å². The molecule has 3 atom stereocenters. The molecule has 0 aromatic heterocycles. The average molecular weight is 299 g/mol. The van der Waals surface area contributed by atoms with Crippen molar-refractivity contribution in [1.29, 1.82) is 0 Å². The first-order valence-corrected chi connectivity index (χ1v) is 7.80. The van der Waals surface area contributed by atoms with Gasteiger partial charge in [0.1, 0.15) is 12.0 Å². The van der Waals surface area contributed by atoms with E-state index in [4.69, 9.17) is 4.74 Å². The number of nitrogens with zero attached hydrogens (tertiary/aromatic N) is 1. The molecule has 1 aliphatic carbocycles. The highest BCUT2D eigenvalue weighted by Gasteiger charge is 2.46. The molecule has 5 heteroatoms. The Morgan fingerprint density at radius 1 is 1.43 bits per heavy atom. The summed E-state index contributed by atoms with van der Waals surface area (Å²) in [5, 5.41) is 0. The second-order valence-corrected chi connectivity index (χ2v) is 7.31. The number of Topliss-reactive ketones (excluding diaryl/α,β-unsaturated/α-hetero) is 1. The van der Waals surface area contributed by atoms with Crippen LogP contribution in [-0.4, -0.2) is 48.1 Å². The molecule has 2 rings (SSSR count). The number of hydrogen-bond donors (Lipinski definition) is 0. The summed E-state index contributed by atoms with van der Waals surface area (Å²) in [6, 6.07) is 0. The minimum absolute atomic E-state index is 0.0396. The van der Waals surface area contributed by atoms with E-state index in [1.165, 1.54) is 0 Å². The van der Waals surface area contributed by atoms with E-state index in [1.807, 2.05) is 27.7 Å². The molecule has 1 saturated heterocycles. The van der Waals surface area contributed by atoms with Crippen LogP contribution in [0.25, 0.3) is 0 Å². The minimum Gasteiger partial charge on any atom is -0.372 e. The summed E-state index contributed by atoms with van der Waals surface area (Å²) in [6.07, 6.45) is -0.312. The van der Waals surface area contributed by atoms with Crippen molar-refractivity contribution in [2.45, 2.75) is 65.3 Å². The second-order valence-electron chi connectivity index (χ2n) is 7.31. The van der Waals surface area contributed by atoms with Crippen LogP contribution in [0, 0.1) is 11.3 Å². The monoisotopic (exact) mass is 299 g/mol. The largest absolute Gasteiger partial charge is 0.372 e. The van der Waals surface area contributed by atoms with E-state index in [0.717, 1.165) is 0 Å². The van der Waals surface area contributed by atoms with Gasteiger partial charge in [0.2, 0.25) is 5.91 Å². The van der Waals surface area contributed by atoms with Crippen molar-refractivity contribution >= 4 is 11.7 Å². The third kappa shape index (κ3) is 3.62. The van der Waals surface area contributed by atoms with Crippen molar-refractivity contribution in [2.75, 3.05) is 13.1 Å². The van der Waals surface area contributed by atoms with Crippen LogP contribution in [0.2, 0.25) is 0 Å². The van der Waals surface area contributed by atoms with Gasteiger partial charge in [-0.05, 0) is 20.3 Å². The number of hydrogen-bond acceptors (Lipinski definition) is 3. The van der Waals surface area contributed by atoms with Crippen LogP contribution in [0.3, 0.4) is 0 Å². The number of piperidine rings is 1. The third-order valence-corrected chi connectivity index (χ3v) is 4.42. The second kappa shape index (κ2) is 6.03. The lowest BCUT2D eigenvalue weighted by molar-refractivity contribution is -0.159. The number of carbonyl (C=O) groups is 2. The normalized spacial score (nSPS) is 32.8. The highest BCUT2D eigenvalue weighted by Crippen LogP contribution is 2.36. The van der Waals surface area contributed by atoms with Gasteiger partial charge in [-0.25, -0.2) is 4.39 Å². The molecule has 0 N–H and O–H groups in total.